The Hall–Kier alpha value is -3.08. The zero-order chi connectivity index (χ0) is 16.5. The molecule has 0 spiro atoms. The Kier molecular flexibility index (Phi) is 3.54. The number of amides is 1. The third kappa shape index (κ3) is 2.54. The van der Waals surface area contributed by atoms with Crippen molar-refractivity contribution in [3.63, 3.8) is 0 Å². The van der Waals surface area contributed by atoms with Crippen molar-refractivity contribution in [1.29, 1.82) is 0 Å². The summed E-state index contributed by atoms with van der Waals surface area (Å²) in [5.41, 5.74) is 1.93. The first-order valence-corrected chi connectivity index (χ1v) is 7.82. The van der Waals surface area contributed by atoms with Crippen LogP contribution in [0.4, 0.5) is 5.69 Å². The first-order chi connectivity index (χ1) is 11.7. The molecule has 0 N–H and O–H groups in total. The van der Waals surface area contributed by atoms with Crippen LogP contribution in [0.1, 0.15) is 17.4 Å². The lowest BCUT2D eigenvalue weighted by molar-refractivity contribution is 0.0952. The third-order valence-corrected chi connectivity index (χ3v) is 3.96. The zero-order valence-corrected chi connectivity index (χ0v) is 13.2. The molecule has 4 rings (SSSR count). The fraction of sp³-hybridized carbons (Fsp3) is 0.158. The number of carbonyl (C=O) groups is 1. The van der Waals surface area contributed by atoms with Gasteiger partial charge in [-0.25, -0.2) is 0 Å². The molecule has 1 unspecified atom stereocenters. The van der Waals surface area contributed by atoms with Gasteiger partial charge < -0.3 is 9.26 Å². The van der Waals surface area contributed by atoms with E-state index in [1.165, 1.54) is 0 Å². The molecule has 0 bridgehead atoms. The Morgan fingerprint density at radius 1 is 1.12 bits per heavy atom. The number of benzene rings is 2. The number of para-hydroxylation sites is 2. The number of hydrogen-bond acceptors (Lipinski definition) is 4. The number of anilines is 1. The molecule has 3 aromatic rings. The van der Waals surface area contributed by atoms with E-state index in [0.29, 0.717) is 18.1 Å². The maximum absolute atomic E-state index is 12.9. The summed E-state index contributed by atoms with van der Waals surface area (Å²) in [5.74, 6) is 1.09. The van der Waals surface area contributed by atoms with Crippen molar-refractivity contribution < 1.29 is 14.1 Å². The minimum absolute atomic E-state index is 0.0793. The van der Waals surface area contributed by atoms with E-state index in [4.69, 9.17) is 9.26 Å². The number of fused-ring (bicyclic) bond motifs is 1. The van der Waals surface area contributed by atoms with E-state index in [0.717, 1.165) is 11.3 Å². The molecule has 0 aliphatic carbocycles. The van der Waals surface area contributed by atoms with Gasteiger partial charge in [0.05, 0.1) is 12.2 Å². The molecule has 1 amide bonds. The Balaban J connectivity index is 1.66. The van der Waals surface area contributed by atoms with Gasteiger partial charge in [0.2, 0.25) is 0 Å². The van der Waals surface area contributed by atoms with Crippen molar-refractivity contribution in [3.05, 3.63) is 66.4 Å². The highest BCUT2D eigenvalue weighted by Crippen LogP contribution is 2.34. The number of carbonyl (C=O) groups excluding carboxylic acids is 1. The van der Waals surface area contributed by atoms with E-state index >= 15 is 0 Å². The maximum Gasteiger partial charge on any atom is 0.280 e. The standard InChI is InChI=1S/C19H16N2O3/c1-13-12-21(16-9-5-6-10-17(16)23-13)19(22)15-11-18(24-20-15)14-7-3-2-4-8-14/h2-11,13H,12H2,1H3. The van der Waals surface area contributed by atoms with E-state index in [-0.39, 0.29) is 17.7 Å². The number of nitrogens with zero attached hydrogens (tertiary/aromatic N) is 2. The number of rotatable bonds is 2. The smallest absolute Gasteiger partial charge is 0.280 e. The second-order valence-electron chi connectivity index (χ2n) is 5.75. The van der Waals surface area contributed by atoms with Crippen LogP contribution >= 0.6 is 0 Å². The average molecular weight is 320 g/mol. The first-order valence-electron chi connectivity index (χ1n) is 7.82. The topological polar surface area (TPSA) is 55.6 Å². The van der Waals surface area contributed by atoms with Crippen LogP contribution in [0.25, 0.3) is 11.3 Å². The summed E-state index contributed by atoms with van der Waals surface area (Å²) < 4.78 is 11.1. The van der Waals surface area contributed by atoms with Gasteiger partial charge in [-0.3, -0.25) is 9.69 Å². The number of hydrogen-bond donors (Lipinski definition) is 0. The van der Waals surface area contributed by atoms with Gasteiger partial charge >= 0.3 is 0 Å². The molecule has 0 fully saturated rings. The van der Waals surface area contributed by atoms with Crippen LogP contribution in [0.15, 0.2) is 65.2 Å². The van der Waals surface area contributed by atoms with E-state index in [9.17, 15) is 4.79 Å². The molecule has 24 heavy (non-hydrogen) atoms. The lowest BCUT2D eigenvalue weighted by atomic mass is 10.1. The fourth-order valence-corrected chi connectivity index (χ4v) is 2.83. The monoisotopic (exact) mass is 320 g/mol. The Bertz CT molecular complexity index is 873. The molecule has 1 atom stereocenters. The van der Waals surface area contributed by atoms with Crippen LogP contribution in [0, 0.1) is 0 Å². The molecule has 5 heteroatoms. The van der Waals surface area contributed by atoms with Crippen molar-refractivity contribution in [2.75, 3.05) is 11.4 Å². The molecule has 1 aromatic heterocycles. The molecule has 0 radical (unpaired) electrons. The fourth-order valence-electron chi connectivity index (χ4n) is 2.83. The number of ether oxygens (including phenoxy) is 1. The second kappa shape index (κ2) is 5.85. The minimum atomic E-state index is -0.191. The van der Waals surface area contributed by atoms with Gasteiger partial charge in [-0.2, -0.15) is 0 Å². The van der Waals surface area contributed by atoms with Crippen LogP contribution in [-0.4, -0.2) is 23.7 Å². The summed E-state index contributed by atoms with van der Waals surface area (Å²) in [6, 6.07) is 18.8. The van der Waals surface area contributed by atoms with E-state index in [1.807, 2.05) is 61.5 Å². The SMILES string of the molecule is CC1CN(C(=O)c2cc(-c3ccccc3)on2)c2ccccc2O1. The molecule has 2 aromatic carbocycles. The quantitative estimate of drug-likeness (QED) is 0.721. The van der Waals surface area contributed by atoms with Crippen LogP contribution < -0.4 is 9.64 Å². The average Bonchev–Trinajstić information content (AvgIpc) is 3.11. The van der Waals surface area contributed by atoms with Crippen LogP contribution in [0.3, 0.4) is 0 Å². The lowest BCUT2D eigenvalue weighted by Gasteiger charge is -2.32. The zero-order valence-electron chi connectivity index (χ0n) is 13.2. The molecule has 2 heterocycles. The normalized spacial score (nSPS) is 16.4. The van der Waals surface area contributed by atoms with Gasteiger partial charge in [-0.05, 0) is 19.1 Å². The summed E-state index contributed by atoms with van der Waals surface area (Å²) >= 11 is 0. The maximum atomic E-state index is 12.9. The highest BCUT2D eigenvalue weighted by atomic mass is 16.5. The summed E-state index contributed by atoms with van der Waals surface area (Å²) in [5, 5.41) is 3.96. The minimum Gasteiger partial charge on any atom is -0.487 e. The predicted molar refractivity (Wildman–Crippen MR) is 90.1 cm³/mol. The van der Waals surface area contributed by atoms with Crippen LogP contribution in [0.2, 0.25) is 0 Å². The Labute approximate surface area is 139 Å². The van der Waals surface area contributed by atoms with Gasteiger partial charge in [-0.1, -0.05) is 47.6 Å². The summed E-state index contributed by atoms with van der Waals surface area (Å²) in [6.45, 7) is 2.41. The second-order valence-corrected chi connectivity index (χ2v) is 5.75. The van der Waals surface area contributed by atoms with E-state index in [2.05, 4.69) is 5.16 Å². The summed E-state index contributed by atoms with van der Waals surface area (Å²) in [4.78, 5) is 14.6. The molecule has 1 aliphatic rings. The van der Waals surface area contributed by atoms with Crippen molar-refractivity contribution in [2.45, 2.75) is 13.0 Å². The van der Waals surface area contributed by atoms with Crippen molar-refractivity contribution >= 4 is 11.6 Å². The molecule has 120 valence electrons. The molecule has 0 saturated carbocycles. The molecule has 5 nitrogen and oxygen atoms in total. The molecular weight excluding hydrogens is 304 g/mol. The van der Waals surface area contributed by atoms with Crippen LogP contribution in [0.5, 0.6) is 5.75 Å². The highest BCUT2D eigenvalue weighted by molar-refractivity contribution is 6.06. The predicted octanol–water partition coefficient (Wildman–Crippen LogP) is 3.77. The Morgan fingerprint density at radius 3 is 2.71 bits per heavy atom. The molecule has 1 aliphatic heterocycles. The van der Waals surface area contributed by atoms with Crippen LogP contribution in [-0.2, 0) is 0 Å². The third-order valence-electron chi connectivity index (χ3n) is 3.96. The van der Waals surface area contributed by atoms with Gasteiger partial charge in [0.15, 0.2) is 11.5 Å². The van der Waals surface area contributed by atoms with Crippen molar-refractivity contribution in [3.8, 4) is 17.1 Å². The summed E-state index contributed by atoms with van der Waals surface area (Å²) in [7, 11) is 0. The van der Waals surface area contributed by atoms with Crippen molar-refractivity contribution in [1.82, 2.24) is 5.16 Å². The first kappa shape index (κ1) is 14.5. The van der Waals surface area contributed by atoms with Gasteiger partial charge in [0.25, 0.3) is 5.91 Å². The highest BCUT2D eigenvalue weighted by Gasteiger charge is 2.29. The van der Waals surface area contributed by atoms with Gasteiger partial charge in [-0.15, -0.1) is 0 Å². The summed E-state index contributed by atoms with van der Waals surface area (Å²) in [6.07, 6.45) is -0.0793. The molecular formula is C19H16N2O3. The van der Waals surface area contributed by atoms with E-state index in [1.54, 1.807) is 11.0 Å². The van der Waals surface area contributed by atoms with Crippen molar-refractivity contribution in [2.24, 2.45) is 0 Å². The van der Waals surface area contributed by atoms with E-state index < -0.39 is 0 Å². The largest absolute Gasteiger partial charge is 0.487 e. The van der Waals surface area contributed by atoms with Gasteiger partial charge in [0, 0.05) is 11.6 Å². The molecule has 0 saturated heterocycles. The Morgan fingerprint density at radius 2 is 1.88 bits per heavy atom. The number of aromatic nitrogens is 1. The lowest BCUT2D eigenvalue weighted by Crippen LogP contribution is -2.42. The van der Waals surface area contributed by atoms with Gasteiger partial charge in [0.1, 0.15) is 11.9 Å².